The van der Waals surface area contributed by atoms with Gasteiger partial charge in [-0.1, -0.05) is 0 Å². The van der Waals surface area contributed by atoms with Gasteiger partial charge in [0.05, 0.1) is 26.2 Å². The van der Waals surface area contributed by atoms with Crippen LogP contribution in [0.15, 0.2) is 24.3 Å². The molecule has 8 heteroatoms. The average molecular weight is 322 g/mol. The highest BCUT2D eigenvalue weighted by Gasteiger charge is 2.22. The molecule has 0 radical (unpaired) electrons. The van der Waals surface area contributed by atoms with E-state index in [1.165, 1.54) is 0 Å². The molecule has 1 fully saturated rings. The van der Waals surface area contributed by atoms with Crippen LogP contribution in [0.25, 0.3) is 0 Å². The molecular formula is C15H18N2O6. The number of anilines is 1. The number of amides is 2. The first kappa shape index (κ1) is 16.9. The Bertz CT molecular complexity index is 566. The molecule has 0 saturated carbocycles. The van der Waals surface area contributed by atoms with E-state index in [-0.39, 0.29) is 31.4 Å². The van der Waals surface area contributed by atoms with Crippen LogP contribution in [0.1, 0.15) is 16.8 Å². The monoisotopic (exact) mass is 322 g/mol. The maximum Gasteiger partial charge on any atom is 0.305 e. The summed E-state index contributed by atoms with van der Waals surface area (Å²) in [7, 11) is 0. The highest BCUT2D eigenvalue weighted by atomic mass is 16.6. The molecule has 2 amide bonds. The van der Waals surface area contributed by atoms with Crippen molar-refractivity contribution in [2.24, 2.45) is 0 Å². The molecule has 23 heavy (non-hydrogen) atoms. The van der Waals surface area contributed by atoms with Gasteiger partial charge in [-0.2, -0.15) is 0 Å². The summed E-state index contributed by atoms with van der Waals surface area (Å²) in [6, 6.07) is 6.27. The van der Waals surface area contributed by atoms with Crippen LogP contribution in [0.5, 0.6) is 0 Å². The molecule has 0 aromatic heterocycles. The van der Waals surface area contributed by atoms with Gasteiger partial charge in [0.2, 0.25) is 0 Å². The maximum atomic E-state index is 11.9. The molecule has 1 aliphatic rings. The minimum atomic E-state index is -0.975. The molecule has 1 heterocycles. The Morgan fingerprint density at radius 1 is 1.17 bits per heavy atom. The fourth-order valence-corrected chi connectivity index (χ4v) is 1.95. The van der Waals surface area contributed by atoms with E-state index in [1.54, 1.807) is 24.3 Å². The molecule has 3 N–H and O–H groups in total. The SMILES string of the molecule is O=C(O)CCNC(=O)c1ccc(NC(=O)C2COCCO2)cc1. The average Bonchev–Trinajstić information content (AvgIpc) is 2.56. The Morgan fingerprint density at radius 2 is 1.91 bits per heavy atom. The molecule has 8 nitrogen and oxygen atoms in total. The van der Waals surface area contributed by atoms with E-state index in [0.29, 0.717) is 24.5 Å². The molecule has 2 rings (SSSR count). The molecule has 1 aromatic carbocycles. The largest absolute Gasteiger partial charge is 0.481 e. The fraction of sp³-hybridized carbons (Fsp3) is 0.400. The Kier molecular flexibility index (Phi) is 6.07. The van der Waals surface area contributed by atoms with E-state index < -0.39 is 12.1 Å². The zero-order valence-corrected chi connectivity index (χ0v) is 12.4. The van der Waals surface area contributed by atoms with Crippen molar-refractivity contribution in [1.82, 2.24) is 5.32 Å². The molecule has 0 spiro atoms. The lowest BCUT2D eigenvalue weighted by atomic mass is 10.2. The fourth-order valence-electron chi connectivity index (χ4n) is 1.95. The van der Waals surface area contributed by atoms with Crippen LogP contribution in [-0.4, -0.2) is 55.4 Å². The number of hydrogen-bond acceptors (Lipinski definition) is 5. The lowest BCUT2D eigenvalue weighted by molar-refractivity contribution is -0.142. The summed E-state index contributed by atoms with van der Waals surface area (Å²) < 4.78 is 10.5. The lowest BCUT2D eigenvalue weighted by Gasteiger charge is -2.22. The van der Waals surface area contributed by atoms with E-state index in [1.807, 2.05) is 0 Å². The topological polar surface area (TPSA) is 114 Å². The van der Waals surface area contributed by atoms with Crippen molar-refractivity contribution in [1.29, 1.82) is 0 Å². The number of nitrogens with one attached hydrogen (secondary N) is 2. The lowest BCUT2D eigenvalue weighted by Crippen LogP contribution is -2.39. The molecule has 1 aliphatic heterocycles. The zero-order valence-electron chi connectivity index (χ0n) is 12.4. The third-order valence-electron chi connectivity index (χ3n) is 3.15. The zero-order chi connectivity index (χ0) is 16.7. The standard InChI is InChI=1S/C15H18N2O6/c18-13(19)5-6-16-14(20)10-1-3-11(4-2-10)17-15(21)12-9-22-7-8-23-12/h1-4,12H,5-9H2,(H,16,20)(H,17,21)(H,18,19). The second kappa shape index (κ2) is 8.25. The first-order valence-corrected chi connectivity index (χ1v) is 7.16. The van der Waals surface area contributed by atoms with Crippen molar-refractivity contribution in [3.8, 4) is 0 Å². The smallest absolute Gasteiger partial charge is 0.305 e. The summed E-state index contributed by atoms with van der Waals surface area (Å²) in [6.45, 7) is 1.14. The number of hydrogen-bond donors (Lipinski definition) is 3. The summed E-state index contributed by atoms with van der Waals surface area (Å²) in [5.41, 5.74) is 0.914. The number of carbonyl (C=O) groups is 3. The van der Waals surface area contributed by atoms with Crippen LogP contribution in [-0.2, 0) is 19.1 Å². The van der Waals surface area contributed by atoms with Crippen molar-refractivity contribution in [3.63, 3.8) is 0 Å². The van der Waals surface area contributed by atoms with E-state index in [0.717, 1.165) is 0 Å². The second-order valence-corrected chi connectivity index (χ2v) is 4.90. The van der Waals surface area contributed by atoms with Crippen LogP contribution in [0, 0.1) is 0 Å². The van der Waals surface area contributed by atoms with E-state index >= 15 is 0 Å². The Labute approximate surface area is 132 Å². The van der Waals surface area contributed by atoms with Gasteiger partial charge < -0.3 is 25.2 Å². The number of aliphatic carboxylic acids is 1. The number of carbonyl (C=O) groups excluding carboxylic acids is 2. The second-order valence-electron chi connectivity index (χ2n) is 4.90. The molecule has 0 bridgehead atoms. The van der Waals surface area contributed by atoms with Gasteiger partial charge in [0, 0.05) is 17.8 Å². The van der Waals surface area contributed by atoms with Gasteiger partial charge >= 0.3 is 5.97 Å². The quantitative estimate of drug-likeness (QED) is 0.691. The molecule has 124 valence electrons. The normalized spacial score (nSPS) is 17.3. The van der Waals surface area contributed by atoms with E-state index in [4.69, 9.17) is 14.6 Å². The predicted molar refractivity (Wildman–Crippen MR) is 80.2 cm³/mol. The summed E-state index contributed by atoms with van der Waals surface area (Å²) in [4.78, 5) is 34.1. The Morgan fingerprint density at radius 3 is 2.52 bits per heavy atom. The van der Waals surface area contributed by atoms with Gasteiger partial charge in [-0.25, -0.2) is 0 Å². The maximum absolute atomic E-state index is 11.9. The van der Waals surface area contributed by atoms with Crippen LogP contribution in [0.2, 0.25) is 0 Å². The van der Waals surface area contributed by atoms with Gasteiger partial charge in [-0.05, 0) is 24.3 Å². The van der Waals surface area contributed by atoms with E-state index in [2.05, 4.69) is 10.6 Å². The first-order chi connectivity index (χ1) is 11.1. The van der Waals surface area contributed by atoms with Crippen molar-refractivity contribution in [3.05, 3.63) is 29.8 Å². The first-order valence-electron chi connectivity index (χ1n) is 7.16. The minimum absolute atomic E-state index is 0.0612. The number of ether oxygens (including phenoxy) is 2. The Hall–Kier alpha value is -2.45. The van der Waals surface area contributed by atoms with Crippen LogP contribution in [0.4, 0.5) is 5.69 Å². The van der Waals surface area contributed by atoms with Gasteiger partial charge in [0.1, 0.15) is 0 Å². The minimum Gasteiger partial charge on any atom is -0.481 e. The summed E-state index contributed by atoms with van der Waals surface area (Å²) in [5.74, 6) is -1.64. The van der Waals surface area contributed by atoms with Gasteiger partial charge in [-0.15, -0.1) is 0 Å². The summed E-state index contributed by atoms with van der Waals surface area (Å²) >= 11 is 0. The number of carboxylic acid groups (broad SMARTS) is 1. The van der Waals surface area contributed by atoms with Crippen LogP contribution in [0.3, 0.4) is 0 Å². The molecule has 0 aliphatic carbocycles. The van der Waals surface area contributed by atoms with Gasteiger partial charge in [-0.3, -0.25) is 14.4 Å². The highest BCUT2D eigenvalue weighted by molar-refractivity contribution is 5.97. The van der Waals surface area contributed by atoms with Gasteiger partial charge in [0.25, 0.3) is 11.8 Å². The molecule has 1 unspecified atom stereocenters. The third kappa shape index (κ3) is 5.35. The van der Waals surface area contributed by atoms with Crippen molar-refractivity contribution in [2.75, 3.05) is 31.7 Å². The van der Waals surface area contributed by atoms with Crippen molar-refractivity contribution < 1.29 is 29.0 Å². The van der Waals surface area contributed by atoms with Crippen LogP contribution < -0.4 is 10.6 Å². The van der Waals surface area contributed by atoms with Crippen molar-refractivity contribution in [2.45, 2.75) is 12.5 Å². The Balaban J connectivity index is 1.84. The molecular weight excluding hydrogens is 304 g/mol. The van der Waals surface area contributed by atoms with E-state index in [9.17, 15) is 14.4 Å². The number of carboxylic acids is 1. The highest BCUT2D eigenvalue weighted by Crippen LogP contribution is 2.11. The van der Waals surface area contributed by atoms with Crippen LogP contribution >= 0.6 is 0 Å². The number of benzene rings is 1. The summed E-state index contributed by atoms with van der Waals surface area (Å²) in [6.07, 6.45) is -0.772. The third-order valence-corrected chi connectivity index (χ3v) is 3.15. The molecule has 1 atom stereocenters. The molecule has 1 aromatic rings. The predicted octanol–water partition coefficient (Wildman–Crippen LogP) is 0.245. The molecule has 1 saturated heterocycles. The number of rotatable bonds is 6. The summed E-state index contributed by atoms with van der Waals surface area (Å²) in [5, 5.41) is 13.7. The van der Waals surface area contributed by atoms with Crippen molar-refractivity contribution >= 4 is 23.5 Å². The van der Waals surface area contributed by atoms with Gasteiger partial charge in [0.15, 0.2) is 6.10 Å².